The average Bonchev–Trinajstić information content (AvgIpc) is 2.36. The van der Waals surface area contributed by atoms with Crippen molar-refractivity contribution in [3.8, 4) is 5.75 Å². The molecule has 1 heterocycles. The molecule has 2 heteroatoms. The van der Waals surface area contributed by atoms with Crippen LogP contribution in [0.3, 0.4) is 0 Å². The van der Waals surface area contributed by atoms with Gasteiger partial charge in [0, 0.05) is 11.1 Å². The Hall–Kier alpha value is -1.57. The topological polar surface area (TPSA) is 22.1 Å². The van der Waals surface area contributed by atoms with Gasteiger partial charge in [0.2, 0.25) is 0 Å². The van der Waals surface area contributed by atoms with Crippen LogP contribution in [-0.4, -0.2) is 12.1 Å². The molecule has 0 atom stereocenters. The summed E-state index contributed by atoms with van der Waals surface area (Å²) in [5, 5.41) is 2.46. The summed E-state index contributed by atoms with van der Waals surface area (Å²) in [6, 6.07) is 8.35. The molecule has 0 saturated heterocycles. The van der Waals surface area contributed by atoms with Crippen LogP contribution >= 0.6 is 0 Å². The number of hydrogen-bond donors (Lipinski definition) is 0. The first-order valence-corrected chi connectivity index (χ1v) is 6.13. The molecule has 0 aliphatic rings. The molecule has 17 heavy (non-hydrogen) atoms. The lowest BCUT2D eigenvalue weighted by Crippen LogP contribution is -1.98. The zero-order valence-corrected chi connectivity index (χ0v) is 10.9. The molecule has 0 saturated carbocycles. The number of aryl methyl sites for hydroxylation is 1. The second-order valence-electron chi connectivity index (χ2n) is 4.59. The van der Waals surface area contributed by atoms with Gasteiger partial charge in [-0.15, -0.1) is 0 Å². The average molecular weight is 229 g/mol. The highest BCUT2D eigenvalue weighted by molar-refractivity contribution is 5.86. The molecule has 0 aliphatic carbocycles. The maximum atomic E-state index is 5.28. The predicted octanol–water partition coefficient (Wildman–Crippen LogP) is 3.93. The van der Waals surface area contributed by atoms with Gasteiger partial charge in [-0.3, -0.25) is 4.98 Å². The van der Waals surface area contributed by atoms with Crippen molar-refractivity contribution >= 4 is 10.8 Å². The first kappa shape index (κ1) is 11.9. The predicted molar refractivity (Wildman–Crippen MR) is 71.8 cm³/mol. The summed E-state index contributed by atoms with van der Waals surface area (Å²) < 4.78 is 5.28. The largest absolute Gasteiger partial charge is 0.497 e. The molecule has 0 aliphatic heterocycles. The molecule has 1 aromatic heterocycles. The molecule has 0 N–H and O–H groups in total. The van der Waals surface area contributed by atoms with Crippen molar-refractivity contribution in [1.29, 1.82) is 0 Å². The molecule has 2 rings (SSSR count). The molecule has 0 unspecified atom stereocenters. The van der Waals surface area contributed by atoms with E-state index in [1.807, 2.05) is 6.07 Å². The standard InChI is InChI=1S/C15H19NO/c1-5-12-8-11-9-13(17-4)6-7-14(11)15(16-12)10(2)3/h6-10H,5H2,1-4H3. The normalized spacial score (nSPS) is 11.1. The van der Waals surface area contributed by atoms with E-state index in [0.717, 1.165) is 17.9 Å². The molecule has 0 bridgehead atoms. The van der Waals surface area contributed by atoms with Crippen LogP contribution in [0.2, 0.25) is 0 Å². The Labute approximate surface area is 103 Å². The third-order valence-electron chi connectivity index (χ3n) is 3.03. The molecular formula is C15H19NO. The van der Waals surface area contributed by atoms with Crippen LogP contribution in [0.15, 0.2) is 24.3 Å². The number of benzene rings is 1. The highest BCUT2D eigenvalue weighted by atomic mass is 16.5. The van der Waals surface area contributed by atoms with Gasteiger partial charge in [0.25, 0.3) is 0 Å². The maximum absolute atomic E-state index is 5.28. The summed E-state index contributed by atoms with van der Waals surface area (Å²) in [5.41, 5.74) is 2.33. The molecule has 0 fully saturated rings. The van der Waals surface area contributed by atoms with Crippen LogP contribution in [0.5, 0.6) is 5.75 Å². The van der Waals surface area contributed by atoms with Crippen molar-refractivity contribution in [2.75, 3.05) is 7.11 Å². The van der Waals surface area contributed by atoms with E-state index in [0.29, 0.717) is 5.92 Å². The third-order valence-corrected chi connectivity index (χ3v) is 3.03. The van der Waals surface area contributed by atoms with E-state index in [1.165, 1.54) is 16.5 Å². The molecule has 2 nitrogen and oxygen atoms in total. The molecule has 0 spiro atoms. The van der Waals surface area contributed by atoms with Gasteiger partial charge in [-0.2, -0.15) is 0 Å². The van der Waals surface area contributed by atoms with Crippen LogP contribution in [0.1, 0.15) is 38.1 Å². The number of hydrogen-bond acceptors (Lipinski definition) is 2. The van der Waals surface area contributed by atoms with Crippen molar-refractivity contribution in [2.24, 2.45) is 0 Å². The number of fused-ring (bicyclic) bond motifs is 1. The summed E-state index contributed by atoms with van der Waals surface area (Å²) in [6.07, 6.45) is 0.965. The Morgan fingerprint density at radius 2 is 2.00 bits per heavy atom. The molecule has 1 aromatic carbocycles. The van der Waals surface area contributed by atoms with E-state index < -0.39 is 0 Å². The van der Waals surface area contributed by atoms with Gasteiger partial charge >= 0.3 is 0 Å². The zero-order chi connectivity index (χ0) is 12.4. The number of methoxy groups -OCH3 is 1. The lowest BCUT2D eigenvalue weighted by Gasteiger charge is -2.12. The minimum atomic E-state index is 0.442. The van der Waals surface area contributed by atoms with Crippen LogP contribution in [0.25, 0.3) is 10.8 Å². The van der Waals surface area contributed by atoms with Gasteiger partial charge in [-0.1, -0.05) is 20.8 Å². The summed E-state index contributed by atoms with van der Waals surface area (Å²) in [7, 11) is 1.70. The number of nitrogens with zero attached hydrogens (tertiary/aromatic N) is 1. The van der Waals surface area contributed by atoms with Gasteiger partial charge < -0.3 is 4.74 Å². The smallest absolute Gasteiger partial charge is 0.119 e. The van der Waals surface area contributed by atoms with Gasteiger partial charge in [-0.25, -0.2) is 0 Å². The lowest BCUT2D eigenvalue weighted by atomic mass is 10.0. The number of ether oxygens (including phenoxy) is 1. The van der Waals surface area contributed by atoms with E-state index in [1.54, 1.807) is 7.11 Å². The second-order valence-corrected chi connectivity index (χ2v) is 4.59. The summed E-state index contributed by atoms with van der Waals surface area (Å²) in [5.74, 6) is 1.35. The Kier molecular flexibility index (Phi) is 3.32. The van der Waals surface area contributed by atoms with E-state index in [2.05, 4.69) is 39.0 Å². The van der Waals surface area contributed by atoms with Gasteiger partial charge in [0.1, 0.15) is 5.75 Å². The van der Waals surface area contributed by atoms with Gasteiger partial charge in [0.05, 0.1) is 12.8 Å². The molecule has 2 aromatic rings. The summed E-state index contributed by atoms with van der Waals surface area (Å²) >= 11 is 0. The molecule has 90 valence electrons. The van der Waals surface area contributed by atoms with Crippen LogP contribution in [0, 0.1) is 0 Å². The Morgan fingerprint density at radius 1 is 1.24 bits per heavy atom. The van der Waals surface area contributed by atoms with Crippen molar-refractivity contribution < 1.29 is 4.74 Å². The van der Waals surface area contributed by atoms with Crippen molar-refractivity contribution in [3.63, 3.8) is 0 Å². The van der Waals surface area contributed by atoms with Crippen molar-refractivity contribution in [2.45, 2.75) is 33.1 Å². The SMILES string of the molecule is CCc1cc2cc(OC)ccc2c(C(C)C)n1. The monoisotopic (exact) mass is 229 g/mol. The fourth-order valence-corrected chi connectivity index (χ4v) is 2.07. The van der Waals surface area contributed by atoms with E-state index in [4.69, 9.17) is 9.72 Å². The summed E-state index contributed by atoms with van der Waals surface area (Å²) in [6.45, 7) is 6.51. The first-order chi connectivity index (χ1) is 8.15. The Bertz CT molecular complexity index is 526. The number of pyridine rings is 1. The summed E-state index contributed by atoms with van der Waals surface area (Å²) in [4.78, 5) is 4.73. The first-order valence-electron chi connectivity index (χ1n) is 6.13. The lowest BCUT2D eigenvalue weighted by molar-refractivity contribution is 0.415. The quantitative estimate of drug-likeness (QED) is 0.795. The van der Waals surface area contributed by atoms with Crippen molar-refractivity contribution in [1.82, 2.24) is 4.98 Å². The number of aromatic nitrogens is 1. The zero-order valence-electron chi connectivity index (χ0n) is 10.9. The molecule has 0 amide bonds. The van der Waals surface area contributed by atoms with E-state index in [9.17, 15) is 0 Å². The molecular weight excluding hydrogens is 210 g/mol. The maximum Gasteiger partial charge on any atom is 0.119 e. The van der Waals surface area contributed by atoms with Gasteiger partial charge in [0.15, 0.2) is 0 Å². The van der Waals surface area contributed by atoms with Crippen LogP contribution < -0.4 is 4.74 Å². The van der Waals surface area contributed by atoms with Crippen LogP contribution in [-0.2, 0) is 6.42 Å². The minimum absolute atomic E-state index is 0.442. The Balaban J connectivity index is 2.71. The Morgan fingerprint density at radius 3 is 2.59 bits per heavy atom. The minimum Gasteiger partial charge on any atom is -0.497 e. The van der Waals surface area contributed by atoms with Crippen molar-refractivity contribution in [3.05, 3.63) is 35.7 Å². The highest BCUT2D eigenvalue weighted by Gasteiger charge is 2.09. The van der Waals surface area contributed by atoms with E-state index >= 15 is 0 Å². The number of rotatable bonds is 3. The van der Waals surface area contributed by atoms with Gasteiger partial charge in [-0.05, 0) is 42.0 Å². The second kappa shape index (κ2) is 4.74. The molecule has 0 radical (unpaired) electrons. The van der Waals surface area contributed by atoms with E-state index in [-0.39, 0.29) is 0 Å². The fourth-order valence-electron chi connectivity index (χ4n) is 2.07. The highest BCUT2D eigenvalue weighted by Crippen LogP contribution is 2.27. The fraction of sp³-hybridized carbons (Fsp3) is 0.400. The van der Waals surface area contributed by atoms with Crippen LogP contribution in [0.4, 0.5) is 0 Å². The third kappa shape index (κ3) is 2.26.